The van der Waals surface area contributed by atoms with Gasteiger partial charge in [0, 0.05) is 43.8 Å². The number of pyridine rings is 1. The van der Waals surface area contributed by atoms with Gasteiger partial charge in [-0.2, -0.15) is 0 Å². The lowest BCUT2D eigenvalue weighted by atomic mass is 9.77. The molecule has 2 saturated heterocycles. The monoisotopic (exact) mass is 299 g/mol. The van der Waals surface area contributed by atoms with E-state index in [0.717, 1.165) is 32.5 Å². The molecule has 118 valence electrons. The van der Waals surface area contributed by atoms with Gasteiger partial charge >= 0.3 is 0 Å². The highest BCUT2D eigenvalue weighted by molar-refractivity contribution is 5.85. The van der Waals surface area contributed by atoms with Crippen LogP contribution in [-0.4, -0.2) is 41.5 Å². The van der Waals surface area contributed by atoms with Crippen LogP contribution >= 0.6 is 0 Å². The van der Waals surface area contributed by atoms with Crippen LogP contribution in [0.15, 0.2) is 24.5 Å². The number of rotatable bonds is 2. The first kappa shape index (κ1) is 14.0. The van der Waals surface area contributed by atoms with Crippen molar-refractivity contribution in [3.63, 3.8) is 0 Å². The van der Waals surface area contributed by atoms with Gasteiger partial charge in [0.2, 0.25) is 5.91 Å². The summed E-state index contributed by atoms with van der Waals surface area (Å²) < 4.78 is 0. The molecule has 22 heavy (non-hydrogen) atoms. The fraction of sp³-hybridized carbons (Fsp3) is 0.667. The summed E-state index contributed by atoms with van der Waals surface area (Å²) in [6.07, 6.45) is 12.0. The molecular weight excluding hydrogens is 274 g/mol. The molecule has 3 heterocycles. The number of amides is 1. The minimum atomic E-state index is -0.121. The zero-order valence-corrected chi connectivity index (χ0v) is 13.2. The van der Waals surface area contributed by atoms with Crippen molar-refractivity contribution in [2.24, 2.45) is 5.41 Å². The Hall–Kier alpha value is -1.58. The van der Waals surface area contributed by atoms with Gasteiger partial charge in [-0.1, -0.05) is 12.8 Å². The summed E-state index contributed by atoms with van der Waals surface area (Å²) in [5, 5.41) is 0. The molecule has 3 aliphatic rings. The molecule has 1 amide bonds. The highest BCUT2D eigenvalue weighted by Gasteiger charge is 2.49. The van der Waals surface area contributed by atoms with Gasteiger partial charge in [-0.3, -0.25) is 9.78 Å². The molecule has 1 spiro atoms. The predicted octanol–water partition coefficient (Wildman–Crippen LogP) is 2.84. The van der Waals surface area contributed by atoms with E-state index >= 15 is 0 Å². The number of piperidine rings is 1. The number of hydrogen-bond donors (Lipinski definition) is 0. The number of carbonyl (C=O) groups excluding carboxylic acids is 1. The normalized spacial score (nSPS) is 29.7. The molecule has 4 rings (SSSR count). The molecule has 2 aliphatic heterocycles. The topological polar surface area (TPSA) is 36.4 Å². The summed E-state index contributed by atoms with van der Waals surface area (Å²) in [5.74, 6) is 0.446. The van der Waals surface area contributed by atoms with Crippen LogP contribution in [-0.2, 0) is 4.79 Å². The maximum atomic E-state index is 13.2. The summed E-state index contributed by atoms with van der Waals surface area (Å²) in [4.78, 5) is 21.9. The second kappa shape index (κ2) is 5.56. The van der Waals surface area contributed by atoms with Crippen LogP contribution in [0.1, 0.15) is 44.9 Å². The zero-order valence-electron chi connectivity index (χ0n) is 13.2. The number of anilines is 1. The Morgan fingerprint density at radius 3 is 2.59 bits per heavy atom. The van der Waals surface area contributed by atoms with Gasteiger partial charge in [0.05, 0.1) is 5.41 Å². The van der Waals surface area contributed by atoms with Crippen LogP contribution in [0.5, 0.6) is 0 Å². The fourth-order valence-electron chi connectivity index (χ4n) is 4.69. The summed E-state index contributed by atoms with van der Waals surface area (Å²) >= 11 is 0. The molecule has 4 heteroatoms. The van der Waals surface area contributed by atoms with E-state index in [0.29, 0.717) is 11.9 Å². The average molecular weight is 299 g/mol. The Morgan fingerprint density at radius 2 is 1.82 bits per heavy atom. The van der Waals surface area contributed by atoms with E-state index in [1.165, 1.54) is 37.8 Å². The summed E-state index contributed by atoms with van der Waals surface area (Å²) in [5.41, 5.74) is 1.09. The van der Waals surface area contributed by atoms with E-state index in [-0.39, 0.29) is 5.41 Å². The molecule has 1 aliphatic carbocycles. The van der Waals surface area contributed by atoms with Crippen LogP contribution < -0.4 is 4.90 Å². The Kier molecular flexibility index (Phi) is 3.55. The summed E-state index contributed by atoms with van der Waals surface area (Å²) in [6, 6.07) is 4.64. The number of likely N-dealkylation sites (tertiary alicyclic amines) is 1. The Bertz CT molecular complexity index is 541. The van der Waals surface area contributed by atoms with Crippen molar-refractivity contribution in [2.75, 3.05) is 24.5 Å². The lowest BCUT2D eigenvalue weighted by molar-refractivity contribution is -0.147. The molecule has 1 saturated carbocycles. The van der Waals surface area contributed by atoms with E-state index in [4.69, 9.17) is 0 Å². The van der Waals surface area contributed by atoms with Crippen molar-refractivity contribution in [1.82, 2.24) is 9.88 Å². The molecule has 1 aromatic heterocycles. The van der Waals surface area contributed by atoms with Gasteiger partial charge in [0.1, 0.15) is 0 Å². The molecule has 0 unspecified atom stereocenters. The first-order valence-corrected chi connectivity index (χ1v) is 8.75. The van der Waals surface area contributed by atoms with E-state index < -0.39 is 0 Å². The third kappa shape index (κ3) is 2.29. The number of nitrogens with zero attached hydrogens (tertiary/aromatic N) is 3. The molecule has 1 aromatic rings. The molecule has 0 bridgehead atoms. The Labute approximate surface area is 132 Å². The first-order chi connectivity index (χ1) is 10.8. The highest BCUT2D eigenvalue weighted by atomic mass is 16.2. The van der Waals surface area contributed by atoms with Crippen LogP contribution in [0.25, 0.3) is 0 Å². The van der Waals surface area contributed by atoms with Gasteiger partial charge in [-0.25, -0.2) is 0 Å². The van der Waals surface area contributed by atoms with Gasteiger partial charge in [-0.05, 0) is 44.2 Å². The van der Waals surface area contributed by atoms with Crippen LogP contribution in [0, 0.1) is 5.41 Å². The number of aromatic nitrogens is 1. The lowest BCUT2D eigenvalue weighted by Gasteiger charge is -2.42. The molecule has 0 radical (unpaired) electrons. The summed E-state index contributed by atoms with van der Waals surface area (Å²) in [6.45, 7) is 2.87. The molecular formula is C18H25N3O. The van der Waals surface area contributed by atoms with Crippen molar-refractivity contribution in [2.45, 2.75) is 51.0 Å². The minimum Gasteiger partial charge on any atom is -0.370 e. The quantitative estimate of drug-likeness (QED) is 0.842. The van der Waals surface area contributed by atoms with Crippen molar-refractivity contribution in [3.8, 4) is 0 Å². The second-order valence-corrected chi connectivity index (χ2v) is 7.20. The molecule has 0 N–H and O–H groups in total. The van der Waals surface area contributed by atoms with Crippen LogP contribution in [0.4, 0.5) is 5.69 Å². The highest BCUT2D eigenvalue weighted by Crippen LogP contribution is 2.43. The third-order valence-electron chi connectivity index (χ3n) is 5.92. The summed E-state index contributed by atoms with van der Waals surface area (Å²) in [7, 11) is 0. The molecule has 3 fully saturated rings. The largest absolute Gasteiger partial charge is 0.370 e. The van der Waals surface area contributed by atoms with Crippen molar-refractivity contribution >= 4 is 11.6 Å². The smallest absolute Gasteiger partial charge is 0.230 e. The Morgan fingerprint density at radius 1 is 1.05 bits per heavy atom. The van der Waals surface area contributed by atoms with E-state index in [1.54, 1.807) is 0 Å². The van der Waals surface area contributed by atoms with Gasteiger partial charge in [0.25, 0.3) is 0 Å². The SMILES string of the molecule is O=C1N(C2CCCC2)CCC[C@]12CCN(c1ccncc1)C2. The van der Waals surface area contributed by atoms with Crippen molar-refractivity contribution < 1.29 is 4.79 Å². The lowest BCUT2D eigenvalue weighted by Crippen LogP contribution is -2.53. The second-order valence-electron chi connectivity index (χ2n) is 7.20. The van der Waals surface area contributed by atoms with E-state index in [1.807, 2.05) is 12.4 Å². The van der Waals surface area contributed by atoms with E-state index in [9.17, 15) is 4.79 Å². The van der Waals surface area contributed by atoms with Gasteiger partial charge < -0.3 is 9.80 Å². The number of hydrogen-bond acceptors (Lipinski definition) is 3. The molecule has 0 aromatic carbocycles. The predicted molar refractivity (Wildman–Crippen MR) is 86.7 cm³/mol. The van der Waals surface area contributed by atoms with Crippen LogP contribution in [0.2, 0.25) is 0 Å². The molecule has 1 atom stereocenters. The maximum absolute atomic E-state index is 13.2. The van der Waals surface area contributed by atoms with Gasteiger partial charge in [0.15, 0.2) is 0 Å². The van der Waals surface area contributed by atoms with Gasteiger partial charge in [-0.15, -0.1) is 0 Å². The zero-order chi connectivity index (χ0) is 15.0. The Balaban J connectivity index is 1.52. The van der Waals surface area contributed by atoms with Crippen LogP contribution in [0.3, 0.4) is 0 Å². The third-order valence-corrected chi connectivity index (χ3v) is 5.92. The van der Waals surface area contributed by atoms with E-state index in [2.05, 4.69) is 26.9 Å². The van der Waals surface area contributed by atoms with Crippen molar-refractivity contribution in [3.05, 3.63) is 24.5 Å². The average Bonchev–Trinajstić information content (AvgIpc) is 3.22. The molecule has 4 nitrogen and oxygen atoms in total. The number of carbonyl (C=O) groups is 1. The van der Waals surface area contributed by atoms with Crippen molar-refractivity contribution in [1.29, 1.82) is 0 Å². The standard InChI is InChI=1S/C18H25N3O/c22-17-18(8-3-12-21(17)16-4-1-2-5-16)9-13-20(14-18)15-6-10-19-11-7-15/h6-7,10-11,16H,1-5,8-9,12-14H2/t18-/m1/s1. The fourth-order valence-corrected chi connectivity index (χ4v) is 4.69. The first-order valence-electron chi connectivity index (χ1n) is 8.75. The maximum Gasteiger partial charge on any atom is 0.230 e. The minimum absolute atomic E-state index is 0.121.